The Morgan fingerprint density at radius 3 is 2.70 bits per heavy atom. The first-order chi connectivity index (χ1) is 14.5. The van der Waals surface area contributed by atoms with Gasteiger partial charge in [0.05, 0.1) is 19.2 Å². The molecule has 1 aromatic carbocycles. The molecule has 1 atom stereocenters. The molecular weight excluding hydrogens is 400 g/mol. The van der Waals surface area contributed by atoms with Crippen LogP contribution in [0.3, 0.4) is 0 Å². The standard InChI is InChI=1S/C22H24N4O3S/c1-14(2)20(22(28)29-3)26-21-16-6-4-5-7-17(16)24-18(25-21)12-23-19(27)9-8-15-10-11-30-13-15/h4-11,13-14,20H,12H2,1-3H3,(H,23,27)(H,24,25,26)/t20-/m0/s1. The van der Waals surface area contributed by atoms with E-state index in [-0.39, 0.29) is 24.3 Å². The maximum Gasteiger partial charge on any atom is 0.328 e. The van der Waals surface area contributed by atoms with Crippen LogP contribution in [0.2, 0.25) is 0 Å². The first-order valence-electron chi connectivity index (χ1n) is 9.56. The fourth-order valence-corrected chi connectivity index (χ4v) is 3.48. The van der Waals surface area contributed by atoms with E-state index in [9.17, 15) is 9.59 Å². The first kappa shape index (κ1) is 21.4. The number of thiophene rings is 1. The minimum atomic E-state index is -0.552. The molecule has 0 fully saturated rings. The molecule has 2 heterocycles. The molecule has 0 aliphatic rings. The van der Waals surface area contributed by atoms with Gasteiger partial charge in [0.1, 0.15) is 11.9 Å². The molecule has 0 saturated heterocycles. The van der Waals surface area contributed by atoms with Gasteiger partial charge in [-0.2, -0.15) is 11.3 Å². The van der Waals surface area contributed by atoms with Crippen molar-refractivity contribution in [1.29, 1.82) is 0 Å². The summed E-state index contributed by atoms with van der Waals surface area (Å²) in [6.45, 7) is 4.02. The maximum atomic E-state index is 12.2. The van der Waals surface area contributed by atoms with Crippen LogP contribution in [0, 0.1) is 5.92 Å². The summed E-state index contributed by atoms with van der Waals surface area (Å²) in [6, 6.07) is 8.90. The largest absolute Gasteiger partial charge is 0.467 e. The Hall–Kier alpha value is -3.26. The van der Waals surface area contributed by atoms with E-state index in [1.165, 1.54) is 13.2 Å². The second kappa shape index (κ2) is 9.98. The Kier molecular flexibility index (Phi) is 7.13. The molecule has 8 heteroatoms. The molecule has 3 rings (SSSR count). The van der Waals surface area contributed by atoms with E-state index in [0.717, 1.165) is 16.5 Å². The highest BCUT2D eigenvalue weighted by atomic mass is 32.1. The van der Waals surface area contributed by atoms with E-state index in [4.69, 9.17) is 4.74 Å². The lowest BCUT2D eigenvalue weighted by atomic mass is 10.0. The molecule has 0 bridgehead atoms. The Morgan fingerprint density at radius 1 is 1.20 bits per heavy atom. The van der Waals surface area contributed by atoms with Gasteiger partial charge >= 0.3 is 5.97 Å². The number of esters is 1. The van der Waals surface area contributed by atoms with E-state index >= 15 is 0 Å². The average Bonchev–Trinajstić information content (AvgIpc) is 3.27. The lowest BCUT2D eigenvalue weighted by Gasteiger charge is -2.21. The minimum Gasteiger partial charge on any atom is -0.467 e. The molecule has 30 heavy (non-hydrogen) atoms. The van der Waals surface area contributed by atoms with Crippen molar-refractivity contribution in [3.05, 3.63) is 58.6 Å². The van der Waals surface area contributed by atoms with Crippen LogP contribution in [-0.2, 0) is 20.9 Å². The summed E-state index contributed by atoms with van der Waals surface area (Å²) in [5.74, 6) is 0.378. The van der Waals surface area contributed by atoms with E-state index in [1.807, 2.05) is 54.9 Å². The predicted molar refractivity (Wildman–Crippen MR) is 119 cm³/mol. The number of nitrogens with zero attached hydrogens (tertiary/aromatic N) is 2. The molecule has 7 nitrogen and oxygen atoms in total. The highest BCUT2D eigenvalue weighted by Gasteiger charge is 2.24. The quantitative estimate of drug-likeness (QED) is 0.424. The Labute approximate surface area is 179 Å². The number of fused-ring (bicyclic) bond motifs is 1. The molecule has 0 radical (unpaired) electrons. The van der Waals surface area contributed by atoms with Crippen LogP contribution in [-0.4, -0.2) is 35.0 Å². The zero-order valence-corrected chi connectivity index (χ0v) is 17.9. The fourth-order valence-electron chi connectivity index (χ4n) is 2.85. The van der Waals surface area contributed by atoms with Crippen molar-refractivity contribution in [2.45, 2.75) is 26.4 Å². The van der Waals surface area contributed by atoms with E-state index in [0.29, 0.717) is 11.6 Å². The second-order valence-corrected chi connectivity index (χ2v) is 7.78. The van der Waals surface area contributed by atoms with Gasteiger partial charge in [-0.25, -0.2) is 14.8 Å². The number of carbonyl (C=O) groups is 2. The third kappa shape index (κ3) is 5.42. The summed E-state index contributed by atoms with van der Waals surface area (Å²) in [5, 5.41) is 10.7. The van der Waals surface area contributed by atoms with Gasteiger partial charge in [-0.15, -0.1) is 0 Å². The molecule has 0 unspecified atom stereocenters. The van der Waals surface area contributed by atoms with Crippen LogP contribution < -0.4 is 10.6 Å². The number of para-hydroxylation sites is 1. The highest BCUT2D eigenvalue weighted by molar-refractivity contribution is 7.08. The highest BCUT2D eigenvalue weighted by Crippen LogP contribution is 2.22. The van der Waals surface area contributed by atoms with Crippen LogP contribution in [0.1, 0.15) is 25.2 Å². The zero-order valence-electron chi connectivity index (χ0n) is 17.1. The van der Waals surface area contributed by atoms with Crippen LogP contribution in [0.4, 0.5) is 5.82 Å². The van der Waals surface area contributed by atoms with Crippen molar-refractivity contribution in [2.75, 3.05) is 12.4 Å². The number of ether oxygens (including phenoxy) is 1. The molecular formula is C22H24N4O3S. The Morgan fingerprint density at radius 2 is 2.00 bits per heavy atom. The van der Waals surface area contributed by atoms with Gasteiger partial charge in [0.2, 0.25) is 5.91 Å². The Bertz CT molecular complexity index is 1050. The normalized spacial score (nSPS) is 12.3. The van der Waals surface area contributed by atoms with Crippen LogP contribution in [0.25, 0.3) is 17.0 Å². The molecule has 0 spiro atoms. The number of rotatable bonds is 8. The number of anilines is 1. The summed E-state index contributed by atoms with van der Waals surface area (Å²) in [7, 11) is 1.36. The first-order valence-corrected chi connectivity index (χ1v) is 10.5. The summed E-state index contributed by atoms with van der Waals surface area (Å²) < 4.78 is 4.92. The zero-order chi connectivity index (χ0) is 21.5. The predicted octanol–water partition coefficient (Wildman–Crippen LogP) is 3.63. The van der Waals surface area contributed by atoms with E-state index in [2.05, 4.69) is 20.6 Å². The molecule has 0 aliphatic heterocycles. The lowest BCUT2D eigenvalue weighted by molar-refractivity contribution is -0.142. The fraction of sp³-hybridized carbons (Fsp3) is 0.273. The SMILES string of the molecule is COC(=O)[C@@H](Nc1nc(CNC(=O)C=Cc2ccsc2)nc2ccccc12)C(C)C. The molecule has 2 aromatic heterocycles. The summed E-state index contributed by atoms with van der Waals surface area (Å²) in [4.78, 5) is 33.4. The maximum absolute atomic E-state index is 12.2. The molecule has 156 valence electrons. The third-order valence-electron chi connectivity index (χ3n) is 4.45. The lowest BCUT2D eigenvalue weighted by Crippen LogP contribution is -2.36. The van der Waals surface area contributed by atoms with Crippen LogP contribution >= 0.6 is 11.3 Å². The van der Waals surface area contributed by atoms with Crippen molar-refractivity contribution < 1.29 is 14.3 Å². The van der Waals surface area contributed by atoms with Gasteiger partial charge in [-0.3, -0.25) is 4.79 Å². The van der Waals surface area contributed by atoms with Crippen molar-refractivity contribution in [1.82, 2.24) is 15.3 Å². The topological polar surface area (TPSA) is 93.2 Å². The van der Waals surface area contributed by atoms with Gasteiger partial charge in [-0.1, -0.05) is 26.0 Å². The van der Waals surface area contributed by atoms with Gasteiger partial charge < -0.3 is 15.4 Å². The minimum absolute atomic E-state index is 0.00317. The Balaban J connectivity index is 1.80. The van der Waals surface area contributed by atoms with E-state index < -0.39 is 6.04 Å². The van der Waals surface area contributed by atoms with Crippen molar-refractivity contribution in [2.24, 2.45) is 5.92 Å². The molecule has 3 aromatic rings. The van der Waals surface area contributed by atoms with Gasteiger partial charge in [0.25, 0.3) is 0 Å². The number of benzene rings is 1. The van der Waals surface area contributed by atoms with Crippen molar-refractivity contribution >= 4 is 46.0 Å². The molecule has 2 N–H and O–H groups in total. The second-order valence-electron chi connectivity index (χ2n) is 7.00. The van der Waals surface area contributed by atoms with Crippen molar-refractivity contribution in [3.8, 4) is 0 Å². The smallest absolute Gasteiger partial charge is 0.328 e. The number of methoxy groups -OCH3 is 1. The molecule has 1 amide bonds. The molecule has 0 aliphatic carbocycles. The summed E-state index contributed by atoms with van der Waals surface area (Å²) in [6.07, 6.45) is 3.23. The van der Waals surface area contributed by atoms with Crippen LogP contribution in [0.15, 0.2) is 47.2 Å². The number of amides is 1. The number of nitrogens with one attached hydrogen (secondary N) is 2. The molecule has 0 saturated carbocycles. The number of aromatic nitrogens is 2. The monoisotopic (exact) mass is 424 g/mol. The van der Waals surface area contributed by atoms with E-state index in [1.54, 1.807) is 17.4 Å². The van der Waals surface area contributed by atoms with Crippen molar-refractivity contribution in [3.63, 3.8) is 0 Å². The number of hydrogen-bond acceptors (Lipinski definition) is 7. The summed E-state index contributed by atoms with van der Waals surface area (Å²) in [5.41, 5.74) is 1.70. The van der Waals surface area contributed by atoms with Gasteiger partial charge in [-0.05, 0) is 46.5 Å². The summed E-state index contributed by atoms with van der Waals surface area (Å²) >= 11 is 1.57. The number of carbonyl (C=O) groups excluding carboxylic acids is 2. The number of hydrogen-bond donors (Lipinski definition) is 2. The van der Waals surface area contributed by atoms with Crippen LogP contribution in [0.5, 0.6) is 0 Å². The average molecular weight is 425 g/mol. The third-order valence-corrected chi connectivity index (χ3v) is 5.16. The van der Waals surface area contributed by atoms with Gasteiger partial charge in [0.15, 0.2) is 5.82 Å². The van der Waals surface area contributed by atoms with Gasteiger partial charge in [0, 0.05) is 11.5 Å².